The Hall–Kier alpha value is -2.94. The van der Waals surface area contributed by atoms with E-state index in [4.69, 9.17) is 0 Å². The molecular weight excluding hydrogens is 430 g/mol. The molecule has 2 aromatic rings. The zero-order valence-corrected chi connectivity index (χ0v) is 19.4. The first-order chi connectivity index (χ1) is 15.1. The third kappa shape index (κ3) is 5.27. The van der Waals surface area contributed by atoms with Crippen molar-refractivity contribution in [2.24, 2.45) is 0 Å². The number of carbonyl (C=O) groups is 1. The van der Waals surface area contributed by atoms with E-state index in [1.165, 1.54) is 42.7 Å². The van der Waals surface area contributed by atoms with Crippen LogP contribution in [-0.4, -0.2) is 31.5 Å². The lowest BCUT2D eigenvalue weighted by molar-refractivity contribution is -0.384. The Kier molecular flexibility index (Phi) is 7.18. The lowest BCUT2D eigenvalue weighted by Crippen LogP contribution is -2.48. The molecule has 32 heavy (non-hydrogen) atoms. The first-order valence-electron chi connectivity index (χ1n) is 10.8. The summed E-state index contributed by atoms with van der Waals surface area (Å²) < 4.78 is 26.0. The summed E-state index contributed by atoms with van der Waals surface area (Å²) in [7, 11) is -3.87. The van der Waals surface area contributed by atoms with Gasteiger partial charge in [0.15, 0.2) is 0 Å². The average Bonchev–Trinajstić information content (AvgIpc) is 2.76. The summed E-state index contributed by atoms with van der Waals surface area (Å²) in [4.78, 5) is 23.6. The number of nitro benzene ring substituents is 1. The van der Waals surface area contributed by atoms with Crippen LogP contribution in [0, 0.1) is 10.1 Å². The number of aryl methyl sites for hydroxylation is 2. The molecule has 0 heterocycles. The van der Waals surface area contributed by atoms with Crippen molar-refractivity contribution in [1.29, 1.82) is 0 Å². The van der Waals surface area contributed by atoms with Crippen LogP contribution in [-0.2, 0) is 27.7 Å². The van der Waals surface area contributed by atoms with Crippen molar-refractivity contribution < 1.29 is 18.1 Å². The largest absolute Gasteiger partial charge is 0.347 e. The van der Waals surface area contributed by atoms with Crippen LogP contribution in [0.15, 0.2) is 42.5 Å². The van der Waals surface area contributed by atoms with E-state index in [9.17, 15) is 23.3 Å². The molecule has 2 unspecified atom stereocenters. The number of anilines is 1. The van der Waals surface area contributed by atoms with Crippen LogP contribution in [0.3, 0.4) is 0 Å². The Labute approximate surface area is 188 Å². The van der Waals surface area contributed by atoms with Crippen LogP contribution in [0.1, 0.15) is 55.8 Å². The number of hydrogen-bond acceptors (Lipinski definition) is 5. The van der Waals surface area contributed by atoms with Gasteiger partial charge in [0.05, 0.1) is 22.9 Å². The molecule has 1 N–H and O–H groups in total. The number of nitro groups is 1. The number of sulfonamides is 1. The van der Waals surface area contributed by atoms with E-state index in [0.29, 0.717) is 6.42 Å². The molecule has 1 aliphatic carbocycles. The van der Waals surface area contributed by atoms with Crippen LogP contribution in [0.2, 0.25) is 0 Å². The second-order valence-corrected chi connectivity index (χ2v) is 10.1. The van der Waals surface area contributed by atoms with E-state index < -0.39 is 26.9 Å². The number of amides is 1. The number of nitrogens with one attached hydrogen (secondary N) is 1. The topological polar surface area (TPSA) is 110 Å². The van der Waals surface area contributed by atoms with E-state index in [1.54, 1.807) is 0 Å². The van der Waals surface area contributed by atoms with Gasteiger partial charge in [-0.1, -0.05) is 31.2 Å². The Morgan fingerprint density at radius 3 is 2.47 bits per heavy atom. The van der Waals surface area contributed by atoms with Gasteiger partial charge in [0.2, 0.25) is 15.9 Å². The van der Waals surface area contributed by atoms with Crippen LogP contribution in [0.5, 0.6) is 0 Å². The SMILES string of the molecule is CCC(NC(=O)C(C)N(c1cccc([N+](=O)[O-])c1)S(C)(=O)=O)c1ccc2c(c1)CCCC2. The number of hydrogen-bond donors (Lipinski definition) is 1. The maximum Gasteiger partial charge on any atom is 0.271 e. The molecule has 0 bridgehead atoms. The minimum absolute atomic E-state index is 0.0752. The van der Waals surface area contributed by atoms with Gasteiger partial charge in [-0.3, -0.25) is 19.2 Å². The minimum Gasteiger partial charge on any atom is -0.347 e. The number of carbonyl (C=O) groups excluding carboxylic acids is 1. The third-order valence-corrected chi connectivity index (χ3v) is 7.12. The number of benzene rings is 2. The molecule has 0 saturated heterocycles. The molecular formula is C23H29N3O5S. The highest BCUT2D eigenvalue weighted by Gasteiger charge is 2.31. The van der Waals surface area contributed by atoms with Crippen molar-refractivity contribution in [3.05, 3.63) is 69.3 Å². The fourth-order valence-electron chi connectivity index (χ4n) is 4.24. The molecule has 1 aliphatic rings. The third-order valence-electron chi connectivity index (χ3n) is 5.88. The van der Waals surface area contributed by atoms with Gasteiger partial charge >= 0.3 is 0 Å². The Morgan fingerprint density at radius 1 is 1.16 bits per heavy atom. The lowest BCUT2D eigenvalue weighted by atomic mass is 9.88. The van der Waals surface area contributed by atoms with Gasteiger partial charge in [-0.2, -0.15) is 0 Å². The zero-order chi connectivity index (χ0) is 23.5. The Morgan fingerprint density at radius 2 is 1.84 bits per heavy atom. The van der Waals surface area contributed by atoms with Crippen LogP contribution < -0.4 is 9.62 Å². The highest BCUT2D eigenvalue weighted by Crippen LogP contribution is 2.28. The predicted molar refractivity (Wildman–Crippen MR) is 124 cm³/mol. The van der Waals surface area contributed by atoms with Crippen LogP contribution >= 0.6 is 0 Å². The quantitative estimate of drug-likeness (QED) is 0.476. The molecule has 3 rings (SSSR count). The molecule has 8 nitrogen and oxygen atoms in total. The molecule has 0 aliphatic heterocycles. The Balaban J connectivity index is 1.85. The van der Waals surface area contributed by atoms with Crippen molar-refractivity contribution in [1.82, 2.24) is 5.32 Å². The molecule has 0 saturated carbocycles. The highest BCUT2D eigenvalue weighted by atomic mass is 32.2. The van der Waals surface area contributed by atoms with E-state index in [-0.39, 0.29) is 17.4 Å². The number of non-ortho nitro benzene ring substituents is 1. The van der Waals surface area contributed by atoms with Gasteiger partial charge < -0.3 is 5.32 Å². The summed E-state index contributed by atoms with van der Waals surface area (Å²) in [6.45, 7) is 3.44. The van der Waals surface area contributed by atoms with Gasteiger partial charge in [0, 0.05) is 12.1 Å². The van der Waals surface area contributed by atoms with Crippen molar-refractivity contribution in [3.63, 3.8) is 0 Å². The molecule has 172 valence electrons. The average molecular weight is 460 g/mol. The number of nitrogens with zero attached hydrogens (tertiary/aromatic N) is 2. The summed E-state index contributed by atoms with van der Waals surface area (Å²) in [5.74, 6) is -0.466. The molecule has 1 amide bonds. The monoisotopic (exact) mass is 459 g/mol. The molecule has 0 fully saturated rings. The smallest absolute Gasteiger partial charge is 0.271 e. The summed E-state index contributed by atoms with van der Waals surface area (Å²) in [6.07, 6.45) is 6.07. The summed E-state index contributed by atoms with van der Waals surface area (Å²) in [5, 5.41) is 14.1. The van der Waals surface area contributed by atoms with Crippen LogP contribution in [0.25, 0.3) is 0 Å². The van der Waals surface area contributed by atoms with Crippen molar-refractivity contribution in [2.45, 2.75) is 58.0 Å². The van der Waals surface area contributed by atoms with E-state index >= 15 is 0 Å². The van der Waals surface area contributed by atoms with Crippen LogP contribution in [0.4, 0.5) is 11.4 Å². The summed E-state index contributed by atoms with van der Waals surface area (Å²) in [6, 6.07) is 10.2. The highest BCUT2D eigenvalue weighted by molar-refractivity contribution is 7.92. The van der Waals surface area contributed by atoms with Gasteiger partial charge in [0.1, 0.15) is 6.04 Å². The Bertz CT molecular complexity index is 1120. The molecule has 0 aromatic heterocycles. The minimum atomic E-state index is -3.87. The van der Waals surface area contributed by atoms with Crippen molar-refractivity contribution in [2.75, 3.05) is 10.6 Å². The zero-order valence-electron chi connectivity index (χ0n) is 18.6. The second-order valence-electron chi connectivity index (χ2n) is 8.22. The second kappa shape index (κ2) is 9.68. The summed E-state index contributed by atoms with van der Waals surface area (Å²) >= 11 is 0. The van der Waals surface area contributed by atoms with E-state index in [1.807, 2.05) is 13.0 Å². The number of rotatable bonds is 8. The number of fused-ring (bicyclic) bond motifs is 1. The van der Waals surface area contributed by atoms with Gasteiger partial charge in [-0.15, -0.1) is 0 Å². The van der Waals surface area contributed by atoms with Crippen molar-refractivity contribution in [3.8, 4) is 0 Å². The lowest BCUT2D eigenvalue weighted by Gasteiger charge is -2.30. The van der Waals surface area contributed by atoms with Gasteiger partial charge in [-0.25, -0.2) is 8.42 Å². The standard InChI is InChI=1S/C23H29N3O5S/c1-4-22(19-13-12-17-8-5-6-9-18(17)14-19)24-23(27)16(2)25(32(3,30)31)20-10-7-11-21(15-20)26(28)29/h7,10-16,22H,4-6,8-9H2,1-3H3,(H,24,27). The molecule has 0 radical (unpaired) electrons. The fraction of sp³-hybridized carbons (Fsp3) is 0.435. The maximum absolute atomic E-state index is 13.1. The normalized spacial score (nSPS) is 15.3. The van der Waals surface area contributed by atoms with E-state index in [2.05, 4.69) is 17.4 Å². The van der Waals surface area contributed by atoms with Gasteiger partial charge in [-0.05, 0) is 61.8 Å². The first kappa shape index (κ1) is 23.7. The maximum atomic E-state index is 13.1. The molecule has 2 aromatic carbocycles. The van der Waals surface area contributed by atoms with Gasteiger partial charge in [0.25, 0.3) is 5.69 Å². The van der Waals surface area contributed by atoms with Crippen molar-refractivity contribution >= 4 is 27.3 Å². The molecule has 9 heteroatoms. The first-order valence-corrected chi connectivity index (χ1v) is 12.6. The predicted octanol–water partition coefficient (Wildman–Crippen LogP) is 3.90. The fourth-order valence-corrected chi connectivity index (χ4v) is 5.40. The molecule has 2 atom stereocenters. The van der Waals surface area contributed by atoms with E-state index in [0.717, 1.165) is 41.5 Å². The molecule has 0 spiro atoms. The summed E-state index contributed by atoms with van der Waals surface area (Å²) in [5.41, 5.74) is 3.48.